The van der Waals surface area contributed by atoms with Crippen LogP contribution in [0.15, 0.2) is 0 Å². The van der Waals surface area contributed by atoms with Crippen LogP contribution in [0.2, 0.25) is 0 Å². The van der Waals surface area contributed by atoms with Crippen LogP contribution in [0.5, 0.6) is 0 Å². The molecular weight excluding hydrogens is 190 g/mol. The van der Waals surface area contributed by atoms with Gasteiger partial charge >= 0.3 is 0 Å². The smallest absolute Gasteiger partial charge is 0.237 e. The molecule has 0 saturated carbocycles. The fourth-order valence-corrected chi connectivity index (χ4v) is 2.49. The molecule has 2 N–H and O–H groups in total. The third kappa shape index (κ3) is 2.69. The summed E-state index contributed by atoms with van der Waals surface area (Å²) in [6.45, 7) is 2.97. The lowest BCUT2D eigenvalue weighted by Gasteiger charge is -2.20. The number of hydrogen-bond acceptors (Lipinski definition) is 3. The minimum Gasteiger partial charge on any atom is -0.353 e. The lowest BCUT2D eigenvalue weighted by atomic mass is 10.2. The first-order valence-electron chi connectivity index (χ1n) is 5.98. The number of amides is 1. The van der Waals surface area contributed by atoms with E-state index >= 15 is 0 Å². The summed E-state index contributed by atoms with van der Waals surface area (Å²) in [7, 11) is 2.14. The lowest BCUT2D eigenvalue weighted by molar-refractivity contribution is -0.122. The van der Waals surface area contributed by atoms with Gasteiger partial charge in [-0.25, -0.2) is 0 Å². The summed E-state index contributed by atoms with van der Waals surface area (Å²) in [6.07, 6.45) is 4.60. The summed E-state index contributed by atoms with van der Waals surface area (Å²) in [4.78, 5) is 14.1. The maximum atomic E-state index is 11.7. The number of rotatable bonds is 3. The molecular formula is C11H21N3O. The summed E-state index contributed by atoms with van der Waals surface area (Å²) < 4.78 is 0. The van der Waals surface area contributed by atoms with E-state index in [1.165, 1.54) is 19.4 Å². The van der Waals surface area contributed by atoms with E-state index in [0.717, 1.165) is 25.9 Å². The van der Waals surface area contributed by atoms with E-state index in [4.69, 9.17) is 0 Å². The second-order valence-corrected chi connectivity index (χ2v) is 4.67. The Labute approximate surface area is 91.4 Å². The minimum absolute atomic E-state index is 0.0664. The standard InChI is InChI=1S/C11H21N3O/c1-14-7-3-4-9(14)8-13-11(15)10-5-2-6-12-10/h9-10,12H,2-8H2,1H3,(H,13,15). The quantitative estimate of drug-likeness (QED) is 0.688. The Hall–Kier alpha value is -0.610. The van der Waals surface area contributed by atoms with Gasteiger partial charge < -0.3 is 15.5 Å². The predicted molar refractivity (Wildman–Crippen MR) is 59.7 cm³/mol. The number of carbonyl (C=O) groups is 1. The molecule has 0 aromatic rings. The summed E-state index contributed by atoms with van der Waals surface area (Å²) in [6, 6.07) is 0.618. The number of nitrogens with one attached hydrogen (secondary N) is 2. The average Bonchev–Trinajstić information content (AvgIpc) is 2.85. The van der Waals surface area contributed by atoms with Crippen molar-refractivity contribution in [2.75, 3.05) is 26.7 Å². The van der Waals surface area contributed by atoms with Crippen LogP contribution in [-0.4, -0.2) is 49.6 Å². The number of nitrogens with zero attached hydrogens (tertiary/aromatic N) is 1. The van der Waals surface area contributed by atoms with Crippen molar-refractivity contribution in [3.05, 3.63) is 0 Å². The van der Waals surface area contributed by atoms with Crippen LogP contribution in [0, 0.1) is 0 Å². The van der Waals surface area contributed by atoms with Crippen LogP contribution in [0.3, 0.4) is 0 Å². The molecule has 2 aliphatic heterocycles. The molecule has 2 rings (SSSR count). The van der Waals surface area contributed by atoms with E-state index in [1.807, 2.05) is 0 Å². The van der Waals surface area contributed by atoms with Gasteiger partial charge in [0, 0.05) is 12.6 Å². The highest BCUT2D eigenvalue weighted by atomic mass is 16.2. The molecule has 2 unspecified atom stereocenters. The van der Waals surface area contributed by atoms with Gasteiger partial charge in [0.15, 0.2) is 0 Å². The molecule has 1 amide bonds. The zero-order chi connectivity index (χ0) is 10.7. The third-order valence-corrected chi connectivity index (χ3v) is 3.56. The fourth-order valence-electron chi connectivity index (χ4n) is 2.49. The van der Waals surface area contributed by atoms with Crippen molar-refractivity contribution >= 4 is 5.91 Å². The van der Waals surface area contributed by atoms with Crippen LogP contribution in [0.25, 0.3) is 0 Å². The highest BCUT2D eigenvalue weighted by Gasteiger charge is 2.25. The van der Waals surface area contributed by atoms with Crippen molar-refractivity contribution in [3.63, 3.8) is 0 Å². The van der Waals surface area contributed by atoms with E-state index in [-0.39, 0.29) is 11.9 Å². The van der Waals surface area contributed by atoms with E-state index in [0.29, 0.717) is 6.04 Å². The molecule has 4 heteroatoms. The third-order valence-electron chi connectivity index (χ3n) is 3.56. The van der Waals surface area contributed by atoms with Crippen molar-refractivity contribution < 1.29 is 4.79 Å². The molecule has 2 atom stereocenters. The van der Waals surface area contributed by atoms with Crippen molar-refractivity contribution in [1.29, 1.82) is 0 Å². The summed E-state index contributed by atoms with van der Waals surface area (Å²) in [5.41, 5.74) is 0. The van der Waals surface area contributed by atoms with E-state index < -0.39 is 0 Å². The first kappa shape index (κ1) is 10.9. The molecule has 15 heavy (non-hydrogen) atoms. The summed E-state index contributed by atoms with van der Waals surface area (Å²) in [5.74, 6) is 0.188. The van der Waals surface area contributed by atoms with Gasteiger partial charge in [0.1, 0.15) is 0 Å². The SMILES string of the molecule is CN1CCCC1CNC(=O)C1CCCN1. The summed E-state index contributed by atoms with van der Waals surface area (Å²) >= 11 is 0. The average molecular weight is 211 g/mol. The molecule has 2 aliphatic rings. The number of hydrogen-bond donors (Lipinski definition) is 2. The van der Waals surface area contributed by atoms with Gasteiger partial charge in [-0.3, -0.25) is 4.79 Å². The topological polar surface area (TPSA) is 44.4 Å². The van der Waals surface area contributed by atoms with Crippen LogP contribution < -0.4 is 10.6 Å². The van der Waals surface area contributed by atoms with Crippen molar-refractivity contribution in [3.8, 4) is 0 Å². The van der Waals surface area contributed by atoms with Crippen LogP contribution in [0.1, 0.15) is 25.7 Å². The highest BCUT2D eigenvalue weighted by Crippen LogP contribution is 2.13. The molecule has 2 fully saturated rings. The minimum atomic E-state index is 0.0664. The Morgan fingerprint density at radius 1 is 1.47 bits per heavy atom. The molecule has 0 spiro atoms. The van der Waals surface area contributed by atoms with Crippen molar-refractivity contribution in [1.82, 2.24) is 15.5 Å². The second kappa shape index (κ2) is 4.94. The van der Waals surface area contributed by atoms with Gasteiger partial charge in [0.25, 0.3) is 0 Å². The van der Waals surface area contributed by atoms with Gasteiger partial charge in [0.2, 0.25) is 5.91 Å². The Balaban J connectivity index is 1.70. The first-order chi connectivity index (χ1) is 7.27. The Kier molecular flexibility index (Phi) is 3.59. The van der Waals surface area contributed by atoms with Gasteiger partial charge in [-0.2, -0.15) is 0 Å². The predicted octanol–water partition coefficient (Wildman–Crippen LogP) is -0.0512. The highest BCUT2D eigenvalue weighted by molar-refractivity contribution is 5.82. The molecule has 0 aromatic carbocycles. The number of carbonyl (C=O) groups excluding carboxylic acids is 1. The normalized spacial score (nSPS) is 32.1. The first-order valence-corrected chi connectivity index (χ1v) is 5.98. The Bertz CT molecular complexity index is 226. The maximum Gasteiger partial charge on any atom is 0.237 e. The molecule has 2 saturated heterocycles. The van der Waals surface area contributed by atoms with Gasteiger partial charge in [-0.15, -0.1) is 0 Å². The number of likely N-dealkylation sites (N-methyl/N-ethyl adjacent to an activating group) is 1. The largest absolute Gasteiger partial charge is 0.353 e. The second-order valence-electron chi connectivity index (χ2n) is 4.67. The van der Waals surface area contributed by atoms with E-state index in [1.54, 1.807) is 0 Å². The van der Waals surface area contributed by atoms with Crippen LogP contribution in [-0.2, 0) is 4.79 Å². The lowest BCUT2D eigenvalue weighted by Crippen LogP contribution is -2.45. The number of likely N-dealkylation sites (tertiary alicyclic amines) is 1. The Morgan fingerprint density at radius 2 is 2.33 bits per heavy atom. The van der Waals surface area contributed by atoms with Gasteiger partial charge in [0.05, 0.1) is 6.04 Å². The van der Waals surface area contributed by atoms with Crippen molar-refractivity contribution in [2.24, 2.45) is 0 Å². The van der Waals surface area contributed by atoms with E-state index in [2.05, 4.69) is 22.6 Å². The van der Waals surface area contributed by atoms with Gasteiger partial charge in [-0.05, 0) is 45.8 Å². The molecule has 0 aliphatic carbocycles. The summed E-state index contributed by atoms with van der Waals surface area (Å²) in [5, 5.41) is 6.27. The van der Waals surface area contributed by atoms with E-state index in [9.17, 15) is 4.79 Å². The molecule has 0 radical (unpaired) electrons. The fraction of sp³-hybridized carbons (Fsp3) is 0.909. The molecule has 0 aromatic heterocycles. The maximum absolute atomic E-state index is 11.7. The monoisotopic (exact) mass is 211 g/mol. The van der Waals surface area contributed by atoms with Crippen LogP contribution >= 0.6 is 0 Å². The Morgan fingerprint density at radius 3 is 2.93 bits per heavy atom. The zero-order valence-electron chi connectivity index (χ0n) is 9.46. The van der Waals surface area contributed by atoms with Crippen LogP contribution in [0.4, 0.5) is 0 Å². The zero-order valence-corrected chi connectivity index (χ0v) is 9.46. The molecule has 4 nitrogen and oxygen atoms in total. The molecule has 86 valence electrons. The van der Waals surface area contributed by atoms with Crippen molar-refractivity contribution in [2.45, 2.75) is 37.8 Å². The molecule has 0 bridgehead atoms. The van der Waals surface area contributed by atoms with Gasteiger partial charge in [-0.1, -0.05) is 0 Å². The molecule has 2 heterocycles.